The molecule has 0 spiro atoms. The zero-order valence-electron chi connectivity index (χ0n) is 14.0. The number of hydrogen-bond donors (Lipinski definition) is 1. The van der Waals surface area contributed by atoms with E-state index in [1.807, 2.05) is 89.6 Å². The Labute approximate surface area is 146 Å². The van der Waals surface area contributed by atoms with Crippen LogP contribution >= 0.6 is 0 Å². The molecule has 0 saturated heterocycles. The van der Waals surface area contributed by atoms with E-state index >= 15 is 0 Å². The van der Waals surface area contributed by atoms with E-state index in [0.29, 0.717) is 5.88 Å². The van der Waals surface area contributed by atoms with Crippen molar-refractivity contribution in [3.05, 3.63) is 90.6 Å². The minimum absolute atomic E-state index is 0.0261. The zero-order chi connectivity index (χ0) is 17.2. The van der Waals surface area contributed by atoms with Crippen molar-refractivity contribution in [3.63, 3.8) is 0 Å². The van der Waals surface area contributed by atoms with Crippen molar-refractivity contribution in [3.8, 4) is 17.4 Å². The lowest BCUT2D eigenvalue weighted by Gasteiger charge is -2.16. The normalized spacial score (nSPS) is 12.2. The molecule has 3 nitrogen and oxygen atoms in total. The Balaban J connectivity index is 1.59. The lowest BCUT2D eigenvalue weighted by atomic mass is 10.1. The van der Waals surface area contributed by atoms with E-state index < -0.39 is 0 Å². The number of aromatic nitrogens is 1. The molecular weight excluding hydrogens is 310 g/mol. The number of benzene rings is 3. The Morgan fingerprint density at radius 1 is 0.800 bits per heavy atom. The molecule has 0 amide bonds. The van der Waals surface area contributed by atoms with Gasteiger partial charge in [-0.3, -0.25) is 0 Å². The third kappa shape index (κ3) is 2.96. The quantitative estimate of drug-likeness (QED) is 0.517. The zero-order valence-corrected chi connectivity index (χ0v) is 14.0. The van der Waals surface area contributed by atoms with Crippen molar-refractivity contribution in [1.82, 2.24) is 4.57 Å². The fourth-order valence-corrected chi connectivity index (χ4v) is 3.06. The van der Waals surface area contributed by atoms with Gasteiger partial charge in [0.2, 0.25) is 0 Å². The van der Waals surface area contributed by atoms with E-state index in [2.05, 4.69) is 6.92 Å². The molecule has 1 unspecified atom stereocenters. The summed E-state index contributed by atoms with van der Waals surface area (Å²) in [4.78, 5) is 0. The van der Waals surface area contributed by atoms with Crippen molar-refractivity contribution < 1.29 is 9.84 Å². The fraction of sp³-hybridized carbons (Fsp3) is 0.0909. The Morgan fingerprint density at radius 3 is 2.16 bits per heavy atom. The van der Waals surface area contributed by atoms with Crippen LogP contribution in [0.1, 0.15) is 18.5 Å². The molecule has 0 fully saturated rings. The van der Waals surface area contributed by atoms with Crippen LogP contribution in [0.5, 0.6) is 17.4 Å². The van der Waals surface area contributed by atoms with Gasteiger partial charge in [0.1, 0.15) is 11.5 Å². The van der Waals surface area contributed by atoms with Gasteiger partial charge in [-0.1, -0.05) is 48.5 Å². The predicted octanol–water partition coefficient (Wildman–Crippen LogP) is 5.75. The lowest BCUT2D eigenvalue weighted by molar-refractivity contribution is 0.412. The van der Waals surface area contributed by atoms with E-state index in [4.69, 9.17) is 4.74 Å². The lowest BCUT2D eigenvalue weighted by Crippen LogP contribution is -2.04. The van der Waals surface area contributed by atoms with E-state index in [1.54, 1.807) is 0 Å². The first-order valence-corrected chi connectivity index (χ1v) is 8.34. The number of aromatic hydroxyl groups is 1. The van der Waals surface area contributed by atoms with Crippen LogP contribution in [0.4, 0.5) is 0 Å². The molecule has 0 saturated carbocycles. The smallest absolute Gasteiger partial charge is 0.199 e. The summed E-state index contributed by atoms with van der Waals surface area (Å²) in [7, 11) is 0. The number of ether oxygens (including phenoxy) is 1. The number of fused-ring (bicyclic) bond motifs is 1. The van der Waals surface area contributed by atoms with Crippen LogP contribution in [0.15, 0.2) is 85.1 Å². The van der Waals surface area contributed by atoms with Crippen LogP contribution in [0.3, 0.4) is 0 Å². The van der Waals surface area contributed by atoms with Crippen LogP contribution in [-0.4, -0.2) is 9.67 Å². The van der Waals surface area contributed by atoms with Crippen LogP contribution in [-0.2, 0) is 0 Å². The summed E-state index contributed by atoms with van der Waals surface area (Å²) in [6, 6.07) is 25.6. The summed E-state index contributed by atoms with van der Waals surface area (Å²) in [6.45, 7) is 2.08. The molecule has 124 valence electrons. The van der Waals surface area contributed by atoms with Gasteiger partial charge in [-0.15, -0.1) is 0 Å². The van der Waals surface area contributed by atoms with Crippen LogP contribution in [0, 0.1) is 0 Å². The molecule has 0 bridgehead atoms. The summed E-state index contributed by atoms with van der Waals surface area (Å²) < 4.78 is 7.73. The Kier molecular flexibility index (Phi) is 3.90. The van der Waals surface area contributed by atoms with Gasteiger partial charge >= 0.3 is 0 Å². The van der Waals surface area contributed by atoms with E-state index in [9.17, 15) is 5.11 Å². The third-order valence-corrected chi connectivity index (χ3v) is 4.48. The van der Waals surface area contributed by atoms with Gasteiger partial charge < -0.3 is 14.4 Å². The Hall–Kier alpha value is -3.20. The molecule has 1 aromatic heterocycles. The first kappa shape index (κ1) is 15.3. The third-order valence-electron chi connectivity index (χ3n) is 4.48. The molecule has 4 rings (SSSR count). The first-order valence-electron chi connectivity index (χ1n) is 8.34. The molecule has 0 aliphatic rings. The Morgan fingerprint density at radius 2 is 1.44 bits per heavy atom. The number of hydrogen-bond acceptors (Lipinski definition) is 2. The second-order valence-electron chi connectivity index (χ2n) is 6.11. The highest BCUT2D eigenvalue weighted by Crippen LogP contribution is 2.33. The molecule has 1 atom stereocenters. The monoisotopic (exact) mass is 329 g/mol. The topological polar surface area (TPSA) is 34.4 Å². The molecule has 0 aliphatic carbocycles. The highest BCUT2D eigenvalue weighted by Gasteiger charge is 2.14. The van der Waals surface area contributed by atoms with Crippen molar-refractivity contribution in [2.24, 2.45) is 0 Å². The number of para-hydroxylation sites is 1. The van der Waals surface area contributed by atoms with Gasteiger partial charge in [-0.2, -0.15) is 0 Å². The standard InChI is InChI=1S/C22H19NO2/c1-16(23-15-18-7-5-6-10-21(18)22(23)24)17-11-13-20(14-12-17)25-19-8-3-2-4-9-19/h2-16,24H,1H3. The maximum absolute atomic E-state index is 10.5. The van der Waals surface area contributed by atoms with Gasteiger partial charge in [-0.25, -0.2) is 0 Å². The van der Waals surface area contributed by atoms with E-state index in [1.165, 1.54) is 0 Å². The fourth-order valence-electron chi connectivity index (χ4n) is 3.06. The van der Waals surface area contributed by atoms with Crippen molar-refractivity contribution in [2.75, 3.05) is 0 Å². The largest absolute Gasteiger partial charge is 0.494 e. The summed E-state index contributed by atoms with van der Waals surface area (Å²) in [5.74, 6) is 1.91. The summed E-state index contributed by atoms with van der Waals surface area (Å²) in [5, 5.41) is 12.4. The summed E-state index contributed by atoms with van der Waals surface area (Å²) in [5.41, 5.74) is 1.11. The highest BCUT2D eigenvalue weighted by atomic mass is 16.5. The molecule has 25 heavy (non-hydrogen) atoms. The van der Waals surface area contributed by atoms with E-state index in [-0.39, 0.29) is 6.04 Å². The average molecular weight is 329 g/mol. The molecule has 1 heterocycles. The van der Waals surface area contributed by atoms with Gasteiger partial charge in [0, 0.05) is 17.0 Å². The minimum Gasteiger partial charge on any atom is -0.494 e. The molecular formula is C22H19NO2. The molecule has 3 aromatic carbocycles. The van der Waals surface area contributed by atoms with Gasteiger partial charge in [0.05, 0.1) is 6.04 Å². The summed E-state index contributed by atoms with van der Waals surface area (Å²) in [6.07, 6.45) is 1.99. The van der Waals surface area contributed by atoms with Crippen molar-refractivity contribution in [2.45, 2.75) is 13.0 Å². The maximum atomic E-state index is 10.5. The van der Waals surface area contributed by atoms with Gasteiger partial charge in [0.25, 0.3) is 0 Å². The van der Waals surface area contributed by atoms with E-state index in [0.717, 1.165) is 27.8 Å². The second-order valence-corrected chi connectivity index (χ2v) is 6.11. The van der Waals surface area contributed by atoms with Crippen molar-refractivity contribution >= 4 is 10.8 Å². The van der Waals surface area contributed by atoms with Gasteiger partial charge in [0.15, 0.2) is 5.88 Å². The SMILES string of the molecule is CC(c1ccc(Oc2ccccc2)cc1)n1cc2ccccc2c1O. The molecule has 3 heteroatoms. The minimum atomic E-state index is 0.0261. The molecule has 4 aromatic rings. The maximum Gasteiger partial charge on any atom is 0.199 e. The Bertz CT molecular complexity index is 988. The number of nitrogens with zero attached hydrogens (tertiary/aromatic N) is 1. The highest BCUT2D eigenvalue weighted by molar-refractivity contribution is 5.87. The average Bonchev–Trinajstić information content (AvgIpc) is 3.00. The van der Waals surface area contributed by atoms with Crippen LogP contribution < -0.4 is 4.74 Å². The van der Waals surface area contributed by atoms with Crippen LogP contribution in [0.2, 0.25) is 0 Å². The van der Waals surface area contributed by atoms with Crippen LogP contribution in [0.25, 0.3) is 10.8 Å². The number of rotatable bonds is 4. The second kappa shape index (κ2) is 6.36. The van der Waals surface area contributed by atoms with Gasteiger partial charge in [-0.05, 0) is 42.8 Å². The predicted molar refractivity (Wildman–Crippen MR) is 100 cm³/mol. The van der Waals surface area contributed by atoms with Crippen molar-refractivity contribution in [1.29, 1.82) is 0 Å². The molecule has 0 aliphatic heterocycles. The molecule has 0 radical (unpaired) electrons. The summed E-state index contributed by atoms with van der Waals surface area (Å²) >= 11 is 0. The first-order chi connectivity index (χ1) is 12.2. The molecule has 1 N–H and O–H groups in total.